The number of ketones is 1. The lowest BCUT2D eigenvalue weighted by Crippen LogP contribution is -2.17. The van der Waals surface area contributed by atoms with E-state index in [0.29, 0.717) is 11.7 Å². The Bertz CT molecular complexity index is 346. The van der Waals surface area contributed by atoms with Crippen LogP contribution in [-0.4, -0.2) is 29.3 Å². The highest BCUT2D eigenvalue weighted by Gasteiger charge is 2.27. The highest BCUT2D eigenvalue weighted by molar-refractivity contribution is 5.90. The molecule has 0 aliphatic carbocycles. The number of oxazole rings is 1. The second-order valence-electron chi connectivity index (χ2n) is 3.76. The van der Waals surface area contributed by atoms with Gasteiger partial charge in [0.25, 0.3) is 0 Å². The molecule has 76 valence electrons. The minimum Gasteiger partial charge on any atom is -0.436 e. The summed E-state index contributed by atoms with van der Waals surface area (Å²) in [6.45, 7) is 2.56. The molecule has 0 amide bonds. The van der Waals surface area contributed by atoms with Crippen molar-refractivity contribution < 1.29 is 9.21 Å². The molecule has 0 aromatic carbocycles. The van der Waals surface area contributed by atoms with E-state index < -0.39 is 0 Å². The third-order valence-electron chi connectivity index (χ3n) is 2.68. The molecule has 4 nitrogen and oxygen atoms in total. The van der Waals surface area contributed by atoms with E-state index in [0.717, 1.165) is 13.0 Å². The number of hydrogen-bond acceptors (Lipinski definition) is 4. The molecule has 2 rings (SSSR count). The Kier molecular flexibility index (Phi) is 2.37. The van der Waals surface area contributed by atoms with Crippen LogP contribution in [0.1, 0.15) is 42.3 Å². The Balaban J connectivity index is 2.20. The molecule has 0 radical (unpaired) electrons. The Hall–Kier alpha value is -1.16. The molecule has 1 unspecified atom stereocenters. The van der Waals surface area contributed by atoms with Crippen LogP contribution in [0, 0.1) is 0 Å². The first-order chi connectivity index (χ1) is 6.68. The second-order valence-corrected chi connectivity index (χ2v) is 3.76. The Morgan fingerprint density at radius 1 is 1.71 bits per heavy atom. The Morgan fingerprint density at radius 3 is 3.00 bits per heavy atom. The van der Waals surface area contributed by atoms with Crippen molar-refractivity contribution >= 4 is 5.78 Å². The predicted molar refractivity (Wildman–Crippen MR) is 51.1 cm³/mol. The summed E-state index contributed by atoms with van der Waals surface area (Å²) >= 11 is 0. The maximum Gasteiger partial charge on any atom is 0.212 e. The second kappa shape index (κ2) is 3.53. The molecular weight excluding hydrogens is 180 g/mol. The fourth-order valence-electron chi connectivity index (χ4n) is 1.83. The number of carbonyl (C=O) groups excluding carboxylic acids is 1. The van der Waals surface area contributed by atoms with Gasteiger partial charge < -0.3 is 4.42 Å². The molecule has 1 aliphatic heterocycles. The first-order valence-corrected chi connectivity index (χ1v) is 4.85. The summed E-state index contributed by atoms with van der Waals surface area (Å²) < 4.78 is 5.40. The smallest absolute Gasteiger partial charge is 0.212 e. The van der Waals surface area contributed by atoms with Crippen LogP contribution in [0.25, 0.3) is 0 Å². The minimum absolute atomic E-state index is 0.0654. The quantitative estimate of drug-likeness (QED) is 0.671. The van der Waals surface area contributed by atoms with Gasteiger partial charge in [-0.15, -0.1) is 0 Å². The van der Waals surface area contributed by atoms with E-state index in [-0.39, 0.29) is 11.8 Å². The number of Topliss-reactive ketones (excluding diaryl/α,β-unsaturated/α-hetero) is 1. The van der Waals surface area contributed by atoms with Crippen molar-refractivity contribution in [3.05, 3.63) is 17.8 Å². The van der Waals surface area contributed by atoms with E-state index in [1.165, 1.54) is 19.5 Å². The maximum atomic E-state index is 11.0. The van der Waals surface area contributed by atoms with Crippen molar-refractivity contribution in [3.63, 3.8) is 0 Å². The van der Waals surface area contributed by atoms with Crippen LogP contribution in [0.3, 0.4) is 0 Å². The van der Waals surface area contributed by atoms with Crippen molar-refractivity contribution in [2.24, 2.45) is 0 Å². The van der Waals surface area contributed by atoms with E-state index in [1.807, 2.05) is 0 Å². The summed E-state index contributed by atoms with van der Waals surface area (Å²) in [5.74, 6) is 0.972. The molecule has 0 spiro atoms. The lowest BCUT2D eigenvalue weighted by molar-refractivity contribution is 0.0982. The lowest BCUT2D eigenvalue weighted by atomic mass is 10.2. The number of hydrogen-bond donors (Lipinski definition) is 0. The summed E-state index contributed by atoms with van der Waals surface area (Å²) in [5.41, 5.74) is 0. The highest BCUT2D eigenvalue weighted by atomic mass is 16.4. The number of carbonyl (C=O) groups is 1. The average Bonchev–Trinajstić information content (AvgIpc) is 2.71. The largest absolute Gasteiger partial charge is 0.436 e. The molecule has 1 saturated heterocycles. The standard InChI is InChI=1S/C10H14N2O2/c1-7(13)9-6-11-10(14-9)8-4-3-5-12(8)2/h6,8H,3-5H2,1-2H3. The van der Waals surface area contributed by atoms with Crippen LogP contribution < -0.4 is 0 Å². The number of rotatable bonds is 2. The van der Waals surface area contributed by atoms with E-state index in [1.54, 1.807) is 0 Å². The van der Waals surface area contributed by atoms with Gasteiger partial charge in [-0.3, -0.25) is 9.69 Å². The van der Waals surface area contributed by atoms with Crippen molar-refractivity contribution in [1.82, 2.24) is 9.88 Å². The van der Waals surface area contributed by atoms with Crippen molar-refractivity contribution in [1.29, 1.82) is 0 Å². The van der Waals surface area contributed by atoms with Crippen LogP contribution in [0.5, 0.6) is 0 Å². The van der Waals surface area contributed by atoms with Gasteiger partial charge in [0.15, 0.2) is 11.5 Å². The van der Waals surface area contributed by atoms with Gasteiger partial charge in [-0.05, 0) is 26.4 Å². The molecule has 1 fully saturated rings. The Labute approximate surface area is 82.9 Å². The molecule has 4 heteroatoms. The summed E-state index contributed by atoms with van der Waals surface area (Å²) in [7, 11) is 2.05. The molecule has 1 aliphatic rings. The normalized spacial score (nSPS) is 22.9. The number of nitrogens with zero attached hydrogens (tertiary/aromatic N) is 2. The molecule has 14 heavy (non-hydrogen) atoms. The SMILES string of the molecule is CC(=O)c1cnc(C2CCCN2C)o1. The van der Waals surface area contributed by atoms with E-state index in [4.69, 9.17) is 4.42 Å². The van der Waals surface area contributed by atoms with Crippen LogP contribution in [0.15, 0.2) is 10.6 Å². The van der Waals surface area contributed by atoms with Gasteiger partial charge in [0.05, 0.1) is 12.2 Å². The monoisotopic (exact) mass is 194 g/mol. The summed E-state index contributed by atoms with van der Waals surface area (Å²) in [6.07, 6.45) is 3.75. The fraction of sp³-hybridized carbons (Fsp3) is 0.600. The van der Waals surface area contributed by atoms with Gasteiger partial charge in [-0.1, -0.05) is 0 Å². The Morgan fingerprint density at radius 2 is 2.50 bits per heavy atom. The molecule has 2 heterocycles. The third-order valence-corrected chi connectivity index (χ3v) is 2.68. The summed E-state index contributed by atoms with van der Waals surface area (Å²) in [5, 5.41) is 0. The molecule has 0 N–H and O–H groups in total. The predicted octanol–water partition coefficient (Wildman–Crippen LogP) is 1.64. The zero-order chi connectivity index (χ0) is 10.1. The summed E-state index contributed by atoms with van der Waals surface area (Å²) in [4.78, 5) is 17.4. The van der Waals surface area contributed by atoms with Crippen LogP contribution >= 0.6 is 0 Å². The van der Waals surface area contributed by atoms with Gasteiger partial charge in [0.2, 0.25) is 5.89 Å². The highest BCUT2D eigenvalue weighted by Crippen LogP contribution is 2.29. The lowest BCUT2D eigenvalue weighted by Gasteiger charge is -2.14. The van der Waals surface area contributed by atoms with Crippen LogP contribution in [-0.2, 0) is 0 Å². The van der Waals surface area contributed by atoms with Crippen molar-refractivity contribution in [2.45, 2.75) is 25.8 Å². The van der Waals surface area contributed by atoms with Crippen molar-refractivity contribution in [2.75, 3.05) is 13.6 Å². The van der Waals surface area contributed by atoms with Gasteiger partial charge in [-0.25, -0.2) is 4.98 Å². The molecule has 0 saturated carbocycles. The fourth-order valence-corrected chi connectivity index (χ4v) is 1.83. The van der Waals surface area contributed by atoms with E-state index in [2.05, 4.69) is 16.9 Å². The minimum atomic E-state index is -0.0654. The zero-order valence-corrected chi connectivity index (χ0v) is 8.49. The molecule has 1 aromatic rings. The zero-order valence-electron chi connectivity index (χ0n) is 8.49. The van der Waals surface area contributed by atoms with Crippen LogP contribution in [0.4, 0.5) is 0 Å². The van der Waals surface area contributed by atoms with Crippen LogP contribution in [0.2, 0.25) is 0 Å². The topological polar surface area (TPSA) is 46.3 Å². The van der Waals surface area contributed by atoms with Crippen molar-refractivity contribution in [3.8, 4) is 0 Å². The molecule has 1 atom stereocenters. The first-order valence-electron chi connectivity index (χ1n) is 4.85. The maximum absolute atomic E-state index is 11.0. The third kappa shape index (κ3) is 1.57. The van der Waals surface area contributed by atoms with Gasteiger partial charge in [0, 0.05) is 6.92 Å². The number of aromatic nitrogens is 1. The average molecular weight is 194 g/mol. The van der Waals surface area contributed by atoms with E-state index in [9.17, 15) is 4.79 Å². The van der Waals surface area contributed by atoms with Gasteiger partial charge in [-0.2, -0.15) is 0 Å². The number of likely N-dealkylation sites (tertiary alicyclic amines) is 1. The van der Waals surface area contributed by atoms with E-state index >= 15 is 0 Å². The molecule has 1 aromatic heterocycles. The molecule has 0 bridgehead atoms. The van der Waals surface area contributed by atoms with Gasteiger partial charge >= 0.3 is 0 Å². The van der Waals surface area contributed by atoms with Gasteiger partial charge in [0.1, 0.15) is 0 Å². The molecular formula is C10H14N2O2. The first kappa shape index (κ1) is 9.40. The summed E-state index contributed by atoms with van der Waals surface area (Å²) in [6, 6.07) is 0.253.